The first-order chi connectivity index (χ1) is 16.0. The van der Waals surface area contributed by atoms with Crippen LogP contribution in [-0.2, 0) is 14.3 Å². The number of hydrogen-bond donors (Lipinski definition) is 0. The van der Waals surface area contributed by atoms with E-state index in [1.54, 1.807) is 23.1 Å². The summed E-state index contributed by atoms with van der Waals surface area (Å²) >= 11 is 6.71. The van der Waals surface area contributed by atoms with Crippen LogP contribution >= 0.6 is 24.0 Å². The Labute approximate surface area is 202 Å². The molecule has 0 radical (unpaired) electrons. The molecule has 0 atom stereocenters. The summed E-state index contributed by atoms with van der Waals surface area (Å²) in [5.74, 6) is 1.12. The van der Waals surface area contributed by atoms with Crippen LogP contribution in [0, 0.1) is 0 Å². The number of thiocarbonyl (C=S) groups is 1. The second-order valence-corrected chi connectivity index (χ2v) is 8.97. The summed E-state index contributed by atoms with van der Waals surface area (Å²) in [5, 5.41) is 0. The summed E-state index contributed by atoms with van der Waals surface area (Å²) in [6.45, 7) is 4.80. The number of carbonyl (C=O) groups excluding carboxylic acids is 2. The first-order valence-corrected chi connectivity index (χ1v) is 11.9. The van der Waals surface area contributed by atoms with Crippen LogP contribution in [0.15, 0.2) is 53.4 Å². The molecule has 0 N–H and O–H groups in total. The Hall–Kier alpha value is -2.88. The predicted molar refractivity (Wildman–Crippen MR) is 133 cm³/mol. The average Bonchev–Trinajstić information content (AvgIpc) is 3.12. The third-order valence-electron chi connectivity index (χ3n) is 5.10. The first kappa shape index (κ1) is 23.3. The molecule has 2 heterocycles. The van der Waals surface area contributed by atoms with Gasteiger partial charge in [0.1, 0.15) is 11.5 Å². The molecule has 0 aliphatic carbocycles. The van der Waals surface area contributed by atoms with Gasteiger partial charge in [-0.1, -0.05) is 36.1 Å². The first-order valence-electron chi connectivity index (χ1n) is 10.6. The highest BCUT2D eigenvalue weighted by atomic mass is 32.2. The quantitative estimate of drug-likeness (QED) is 0.438. The predicted octanol–water partition coefficient (Wildman–Crippen LogP) is 3.73. The molecule has 2 amide bonds. The fourth-order valence-corrected chi connectivity index (χ4v) is 4.71. The van der Waals surface area contributed by atoms with Crippen molar-refractivity contribution in [3.05, 3.63) is 59.0 Å². The SMILES string of the molecule is CCOc1ccc(N2C(=O)/C(=C/c3ccc(OCC(=O)N4CCOCC4)cc3)SC2=S)cc1. The van der Waals surface area contributed by atoms with Gasteiger partial charge in [-0.15, -0.1) is 0 Å². The molecule has 2 aliphatic heterocycles. The number of nitrogens with zero attached hydrogens (tertiary/aromatic N) is 2. The Bertz CT molecular complexity index is 1050. The van der Waals surface area contributed by atoms with Crippen molar-refractivity contribution in [3.8, 4) is 11.5 Å². The van der Waals surface area contributed by atoms with Crippen molar-refractivity contribution in [3.63, 3.8) is 0 Å². The zero-order chi connectivity index (χ0) is 23.2. The van der Waals surface area contributed by atoms with Gasteiger partial charge in [0.2, 0.25) is 0 Å². The van der Waals surface area contributed by atoms with Crippen LogP contribution in [0.3, 0.4) is 0 Å². The normalized spacial score (nSPS) is 17.5. The van der Waals surface area contributed by atoms with Gasteiger partial charge in [-0.2, -0.15) is 0 Å². The van der Waals surface area contributed by atoms with Crippen molar-refractivity contribution in [1.82, 2.24) is 4.90 Å². The third kappa shape index (κ3) is 5.73. The molecule has 0 saturated carbocycles. The molecular formula is C24H24N2O5S2. The fraction of sp³-hybridized carbons (Fsp3) is 0.292. The van der Waals surface area contributed by atoms with Gasteiger partial charge in [0.05, 0.1) is 30.4 Å². The Balaban J connectivity index is 1.37. The largest absolute Gasteiger partial charge is 0.494 e. The van der Waals surface area contributed by atoms with Crippen LogP contribution in [0.5, 0.6) is 11.5 Å². The zero-order valence-electron chi connectivity index (χ0n) is 18.2. The van der Waals surface area contributed by atoms with Crippen LogP contribution < -0.4 is 14.4 Å². The summed E-state index contributed by atoms with van der Waals surface area (Å²) in [6, 6.07) is 14.5. The number of morpholine rings is 1. The molecule has 7 nitrogen and oxygen atoms in total. The topological polar surface area (TPSA) is 68.3 Å². The molecule has 0 aromatic heterocycles. The van der Waals surface area contributed by atoms with E-state index in [0.29, 0.717) is 53.6 Å². The highest BCUT2D eigenvalue weighted by Crippen LogP contribution is 2.36. The lowest BCUT2D eigenvalue weighted by molar-refractivity contribution is -0.137. The van der Waals surface area contributed by atoms with Crippen LogP contribution in [0.25, 0.3) is 6.08 Å². The molecular weight excluding hydrogens is 460 g/mol. The molecule has 172 valence electrons. The van der Waals surface area contributed by atoms with E-state index in [1.807, 2.05) is 43.3 Å². The highest BCUT2D eigenvalue weighted by molar-refractivity contribution is 8.27. The molecule has 0 spiro atoms. The van der Waals surface area contributed by atoms with Crippen LogP contribution in [0.1, 0.15) is 12.5 Å². The van der Waals surface area contributed by atoms with E-state index in [0.717, 1.165) is 11.3 Å². The van der Waals surface area contributed by atoms with Gasteiger partial charge in [0, 0.05) is 13.1 Å². The van der Waals surface area contributed by atoms with E-state index in [4.69, 9.17) is 26.4 Å². The molecule has 2 aromatic carbocycles. The van der Waals surface area contributed by atoms with E-state index in [2.05, 4.69) is 0 Å². The molecule has 33 heavy (non-hydrogen) atoms. The number of rotatable bonds is 7. The van der Waals surface area contributed by atoms with Gasteiger partial charge in [-0.25, -0.2) is 0 Å². The maximum atomic E-state index is 13.0. The lowest BCUT2D eigenvalue weighted by Crippen LogP contribution is -2.42. The van der Waals surface area contributed by atoms with Crippen molar-refractivity contribution in [1.29, 1.82) is 0 Å². The summed E-state index contributed by atoms with van der Waals surface area (Å²) in [5.41, 5.74) is 1.55. The Morgan fingerprint density at radius 1 is 1.06 bits per heavy atom. The van der Waals surface area contributed by atoms with E-state index in [1.165, 1.54) is 16.7 Å². The molecule has 2 aliphatic rings. The van der Waals surface area contributed by atoms with Crippen molar-refractivity contribution < 1.29 is 23.8 Å². The minimum Gasteiger partial charge on any atom is -0.494 e. The van der Waals surface area contributed by atoms with Crippen LogP contribution in [0.4, 0.5) is 5.69 Å². The van der Waals surface area contributed by atoms with Gasteiger partial charge in [0.25, 0.3) is 11.8 Å². The van der Waals surface area contributed by atoms with Gasteiger partial charge < -0.3 is 19.1 Å². The van der Waals surface area contributed by atoms with Gasteiger partial charge >= 0.3 is 0 Å². The minimum absolute atomic E-state index is 0.0138. The highest BCUT2D eigenvalue weighted by Gasteiger charge is 2.33. The number of carbonyl (C=O) groups is 2. The Morgan fingerprint density at radius 2 is 1.70 bits per heavy atom. The summed E-state index contributed by atoms with van der Waals surface area (Å²) in [4.78, 5) is 29.0. The summed E-state index contributed by atoms with van der Waals surface area (Å²) < 4.78 is 16.8. The second-order valence-electron chi connectivity index (χ2n) is 7.29. The summed E-state index contributed by atoms with van der Waals surface area (Å²) in [7, 11) is 0. The number of thioether (sulfide) groups is 1. The number of hydrogen-bond acceptors (Lipinski definition) is 7. The Morgan fingerprint density at radius 3 is 2.36 bits per heavy atom. The lowest BCUT2D eigenvalue weighted by atomic mass is 10.2. The molecule has 2 fully saturated rings. The number of benzene rings is 2. The van der Waals surface area contributed by atoms with Gasteiger partial charge in [-0.05, 0) is 55.0 Å². The number of anilines is 1. The zero-order valence-corrected chi connectivity index (χ0v) is 19.8. The summed E-state index contributed by atoms with van der Waals surface area (Å²) in [6.07, 6.45) is 1.80. The van der Waals surface area contributed by atoms with Crippen LogP contribution in [0.2, 0.25) is 0 Å². The molecule has 9 heteroatoms. The monoisotopic (exact) mass is 484 g/mol. The van der Waals surface area contributed by atoms with Gasteiger partial charge in [0.15, 0.2) is 10.9 Å². The van der Waals surface area contributed by atoms with E-state index < -0.39 is 0 Å². The van der Waals surface area contributed by atoms with E-state index >= 15 is 0 Å². The molecule has 0 bridgehead atoms. The number of ether oxygens (including phenoxy) is 3. The Kier molecular flexibility index (Phi) is 7.64. The van der Waals surface area contributed by atoms with Gasteiger partial charge in [-0.3, -0.25) is 14.5 Å². The van der Waals surface area contributed by atoms with Crippen molar-refractivity contribution in [2.45, 2.75) is 6.92 Å². The fourth-order valence-electron chi connectivity index (χ4n) is 3.41. The standard InChI is InChI=1S/C24H24N2O5S2/c1-2-30-19-9-5-18(6-10-19)26-23(28)21(33-24(26)32)15-17-3-7-20(8-4-17)31-16-22(27)25-11-13-29-14-12-25/h3-10,15H,2,11-14,16H2,1H3/b21-15-. The van der Waals surface area contributed by atoms with E-state index in [9.17, 15) is 9.59 Å². The minimum atomic E-state index is -0.161. The van der Waals surface area contributed by atoms with Crippen molar-refractivity contribution in [2.75, 3.05) is 44.4 Å². The number of amides is 2. The lowest BCUT2D eigenvalue weighted by Gasteiger charge is -2.26. The molecule has 0 unspecified atom stereocenters. The van der Waals surface area contributed by atoms with Crippen molar-refractivity contribution in [2.24, 2.45) is 0 Å². The molecule has 2 aromatic rings. The molecule has 2 saturated heterocycles. The maximum absolute atomic E-state index is 13.0. The molecule has 4 rings (SSSR count). The van der Waals surface area contributed by atoms with Crippen LogP contribution in [-0.4, -0.2) is 60.6 Å². The smallest absolute Gasteiger partial charge is 0.270 e. The average molecular weight is 485 g/mol. The second kappa shape index (κ2) is 10.8. The van der Waals surface area contributed by atoms with E-state index in [-0.39, 0.29) is 18.4 Å². The maximum Gasteiger partial charge on any atom is 0.270 e. The third-order valence-corrected chi connectivity index (χ3v) is 6.41. The van der Waals surface area contributed by atoms with Crippen molar-refractivity contribution >= 4 is 51.9 Å².